The molecule has 1 aliphatic heterocycles. The summed E-state index contributed by atoms with van der Waals surface area (Å²) < 4.78 is 8.67. The number of para-hydroxylation sites is 1. The molecule has 2 aliphatic carbocycles. The first-order valence-electron chi connectivity index (χ1n) is 8.22. The predicted molar refractivity (Wildman–Crippen MR) is 103 cm³/mol. The van der Waals surface area contributed by atoms with E-state index in [1.807, 2.05) is 0 Å². The molecular formula is C20H20INO. The summed E-state index contributed by atoms with van der Waals surface area (Å²) in [7, 11) is 0. The predicted octanol–water partition coefficient (Wildman–Crippen LogP) is 4.98. The molecule has 0 N–H and O–H groups in total. The van der Waals surface area contributed by atoms with Gasteiger partial charge in [-0.1, -0.05) is 61.6 Å². The monoisotopic (exact) mass is 417 g/mol. The number of nitrogens with zero attached hydrogens (tertiary/aromatic N) is 1. The third-order valence-corrected chi connectivity index (χ3v) is 6.00. The molecule has 1 heterocycles. The van der Waals surface area contributed by atoms with E-state index in [1.54, 1.807) is 0 Å². The molecule has 118 valence electrons. The van der Waals surface area contributed by atoms with Crippen molar-refractivity contribution in [1.82, 2.24) is 0 Å². The molecule has 1 fully saturated rings. The first-order valence-corrected chi connectivity index (χ1v) is 9.18. The van der Waals surface area contributed by atoms with Crippen LogP contribution in [0, 0.1) is 11.8 Å². The highest BCUT2D eigenvalue weighted by molar-refractivity contribution is 14.1. The van der Waals surface area contributed by atoms with E-state index >= 15 is 0 Å². The number of aryl methyl sites for hydroxylation is 1. The Balaban J connectivity index is 1.67. The average Bonchev–Trinajstić information content (AvgIpc) is 3.00. The van der Waals surface area contributed by atoms with Crippen LogP contribution in [-0.4, -0.2) is 12.2 Å². The second-order valence-corrected chi connectivity index (χ2v) is 7.15. The quantitative estimate of drug-likeness (QED) is 0.508. The molecule has 4 rings (SSSR count). The van der Waals surface area contributed by atoms with E-state index in [0.29, 0.717) is 11.8 Å². The zero-order valence-corrected chi connectivity index (χ0v) is 15.3. The molecule has 0 spiro atoms. The molecule has 23 heavy (non-hydrogen) atoms. The third kappa shape index (κ3) is 2.60. The summed E-state index contributed by atoms with van der Waals surface area (Å²) in [6, 6.07) is 8.62. The maximum absolute atomic E-state index is 6.39. The summed E-state index contributed by atoms with van der Waals surface area (Å²) in [5.74, 6) is 0.878. The molecule has 4 atom stereocenters. The summed E-state index contributed by atoms with van der Waals surface area (Å²) in [6.07, 6.45) is 16.8. The Morgan fingerprint density at radius 3 is 2.70 bits per heavy atom. The minimum absolute atomic E-state index is 0.129. The molecule has 0 amide bonds. The van der Waals surface area contributed by atoms with Crippen LogP contribution < -0.4 is 3.11 Å². The molecule has 0 saturated carbocycles. The van der Waals surface area contributed by atoms with Crippen LogP contribution in [0.2, 0.25) is 0 Å². The van der Waals surface area contributed by atoms with Crippen LogP contribution in [-0.2, 0) is 11.2 Å². The van der Waals surface area contributed by atoms with Crippen molar-refractivity contribution >= 4 is 28.6 Å². The van der Waals surface area contributed by atoms with Crippen LogP contribution in [0.3, 0.4) is 0 Å². The van der Waals surface area contributed by atoms with E-state index in [0.717, 1.165) is 6.42 Å². The van der Waals surface area contributed by atoms with E-state index in [4.69, 9.17) is 4.74 Å². The summed E-state index contributed by atoms with van der Waals surface area (Å²) in [6.45, 7) is 2.21. The molecule has 0 radical (unpaired) electrons. The number of rotatable bonds is 3. The summed E-state index contributed by atoms with van der Waals surface area (Å²) in [4.78, 5) is 0. The lowest BCUT2D eigenvalue weighted by molar-refractivity contribution is 0.0812. The number of halogens is 1. The van der Waals surface area contributed by atoms with Crippen LogP contribution in [0.5, 0.6) is 0 Å². The Kier molecular flexibility index (Phi) is 4.16. The molecule has 3 aliphatic rings. The lowest BCUT2D eigenvalue weighted by Gasteiger charge is -2.30. The highest BCUT2D eigenvalue weighted by Gasteiger charge is 2.45. The summed E-state index contributed by atoms with van der Waals surface area (Å²) >= 11 is 2.42. The van der Waals surface area contributed by atoms with Gasteiger partial charge in [-0.15, -0.1) is 0 Å². The zero-order chi connectivity index (χ0) is 15.8. The molecule has 2 nitrogen and oxygen atoms in total. The fraction of sp³-hybridized carbons (Fsp3) is 0.300. The summed E-state index contributed by atoms with van der Waals surface area (Å²) in [5.41, 5.74) is 3.87. The highest BCUT2D eigenvalue weighted by Crippen LogP contribution is 2.44. The van der Waals surface area contributed by atoms with Crippen LogP contribution in [0.25, 0.3) is 0 Å². The standard InChI is InChI=1S/C20H20INO/c1-2-14-8-3-5-11-17(14)22(21)18-12-7-10-16-15-9-4-6-13-19(15)23-20(16)18/h3-13,15-16,19-20H,2H2,1H3. The van der Waals surface area contributed by atoms with Gasteiger partial charge in [-0.05, 0) is 24.1 Å². The maximum atomic E-state index is 6.39. The van der Waals surface area contributed by atoms with Crippen molar-refractivity contribution in [1.29, 1.82) is 0 Å². The van der Waals surface area contributed by atoms with E-state index < -0.39 is 0 Å². The Labute approximate surface area is 151 Å². The number of fused-ring (bicyclic) bond motifs is 3. The van der Waals surface area contributed by atoms with Crippen molar-refractivity contribution in [2.75, 3.05) is 3.11 Å². The highest BCUT2D eigenvalue weighted by atomic mass is 127. The minimum atomic E-state index is 0.129. The van der Waals surface area contributed by atoms with Crippen LogP contribution in [0.4, 0.5) is 5.69 Å². The van der Waals surface area contributed by atoms with Crippen LogP contribution in [0.15, 0.2) is 72.5 Å². The first kappa shape index (κ1) is 15.2. The Morgan fingerprint density at radius 2 is 1.83 bits per heavy atom. The van der Waals surface area contributed by atoms with E-state index in [9.17, 15) is 0 Å². The number of hydrogen-bond acceptors (Lipinski definition) is 2. The molecule has 0 bridgehead atoms. The summed E-state index contributed by atoms with van der Waals surface area (Å²) in [5, 5.41) is 0. The Bertz CT molecular complexity index is 718. The van der Waals surface area contributed by atoms with Gasteiger partial charge in [0, 0.05) is 11.8 Å². The van der Waals surface area contributed by atoms with Gasteiger partial charge in [0.1, 0.15) is 6.10 Å². The number of hydrogen-bond donors (Lipinski definition) is 0. The third-order valence-electron chi connectivity index (χ3n) is 4.92. The average molecular weight is 417 g/mol. The van der Waals surface area contributed by atoms with E-state index in [-0.39, 0.29) is 12.2 Å². The van der Waals surface area contributed by atoms with Gasteiger partial charge >= 0.3 is 0 Å². The van der Waals surface area contributed by atoms with E-state index in [1.165, 1.54) is 16.9 Å². The second-order valence-electron chi connectivity index (χ2n) is 6.19. The van der Waals surface area contributed by atoms with Gasteiger partial charge in [-0.2, -0.15) is 0 Å². The van der Waals surface area contributed by atoms with Gasteiger partial charge in [0.2, 0.25) is 0 Å². The second kappa shape index (κ2) is 6.29. The molecule has 1 aromatic rings. The van der Waals surface area contributed by atoms with Crippen molar-refractivity contribution < 1.29 is 4.74 Å². The first-order chi connectivity index (χ1) is 11.3. The Morgan fingerprint density at radius 1 is 1.04 bits per heavy atom. The van der Waals surface area contributed by atoms with Crippen LogP contribution in [0.1, 0.15) is 12.5 Å². The topological polar surface area (TPSA) is 12.5 Å². The molecule has 0 aromatic heterocycles. The van der Waals surface area contributed by atoms with Gasteiger partial charge in [0.25, 0.3) is 0 Å². The van der Waals surface area contributed by atoms with Crippen molar-refractivity contribution in [2.45, 2.75) is 25.6 Å². The van der Waals surface area contributed by atoms with Crippen LogP contribution >= 0.6 is 22.9 Å². The van der Waals surface area contributed by atoms with Gasteiger partial charge < -0.3 is 4.74 Å². The Hall–Kier alpha value is -1.33. The molecule has 3 heteroatoms. The largest absolute Gasteiger partial charge is 0.363 e. The van der Waals surface area contributed by atoms with Gasteiger partial charge in [0.05, 0.1) is 40.4 Å². The van der Waals surface area contributed by atoms with Gasteiger partial charge in [-0.25, -0.2) is 0 Å². The fourth-order valence-electron chi connectivity index (χ4n) is 3.74. The normalized spacial score (nSPS) is 30.8. The number of ether oxygens (including phenoxy) is 1. The lowest BCUT2D eigenvalue weighted by atomic mass is 9.82. The lowest BCUT2D eigenvalue weighted by Crippen LogP contribution is -2.29. The van der Waals surface area contributed by atoms with E-state index in [2.05, 4.69) is 99.7 Å². The maximum Gasteiger partial charge on any atom is 0.106 e. The number of allylic oxidation sites excluding steroid dienone is 4. The van der Waals surface area contributed by atoms with Crippen molar-refractivity contribution in [3.63, 3.8) is 0 Å². The number of benzene rings is 1. The van der Waals surface area contributed by atoms with Crippen molar-refractivity contribution in [3.8, 4) is 0 Å². The molecular weight excluding hydrogens is 397 g/mol. The SMILES string of the molecule is CCc1ccccc1N(I)C1=CC=CC2C1OC1C=CC=CC12. The van der Waals surface area contributed by atoms with Gasteiger partial charge in [-0.3, -0.25) is 3.11 Å². The molecule has 1 saturated heterocycles. The minimum Gasteiger partial charge on any atom is -0.363 e. The fourth-order valence-corrected chi connectivity index (χ4v) is 4.65. The van der Waals surface area contributed by atoms with Crippen molar-refractivity contribution in [2.24, 2.45) is 11.8 Å². The smallest absolute Gasteiger partial charge is 0.106 e. The zero-order valence-electron chi connectivity index (χ0n) is 13.1. The van der Waals surface area contributed by atoms with Gasteiger partial charge in [0.15, 0.2) is 0 Å². The van der Waals surface area contributed by atoms with Crippen molar-refractivity contribution in [3.05, 3.63) is 78.1 Å². The molecule has 1 aromatic carbocycles. The number of anilines is 1. The molecule has 4 unspecified atom stereocenters.